The lowest BCUT2D eigenvalue weighted by molar-refractivity contribution is -0.106. The normalized spacial score (nSPS) is 22.4. The predicted octanol–water partition coefficient (Wildman–Crippen LogP) is 1.59. The maximum atomic E-state index is 6.04. The number of morpholine rings is 1. The van der Waals surface area contributed by atoms with Crippen molar-refractivity contribution in [3.63, 3.8) is 0 Å². The lowest BCUT2D eigenvalue weighted by Crippen LogP contribution is -2.54. The Morgan fingerprint density at radius 2 is 2.35 bits per heavy atom. The summed E-state index contributed by atoms with van der Waals surface area (Å²) in [6, 6.07) is 2.01. The van der Waals surface area contributed by atoms with E-state index in [1.165, 1.54) is 0 Å². The number of nitrogens with zero attached hydrogens (tertiary/aromatic N) is 3. The number of methoxy groups -OCH3 is 1. The molecule has 0 bridgehead atoms. The molecule has 1 atom stereocenters. The maximum absolute atomic E-state index is 6.04. The zero-order chi connectivity index (χ0) is 14.2. The van der Waals surface area contributed by atoms with Gasteiger partial charge in [-0.3, -0.25) is 0 Å². The van der Waals surface area contributed by atoms with E-state index in [4.69, 9.17) is 9.47 Å². The molecule has 1 N–H and O–H groups in total. The molecule has 0 spiro atoms. The Morgan fingerprint density at radius 3 is 3.15 bits per heavy atom. The van der Waals surface area contributed by atoms with Gasteiger partial charge in [-0.2, -0.15) is 0 Å². The minimum atomic E-state index is -0.227. The monoisotopic (exact) mass is 276 g/mol. The van der Waals surface area contributed by atoms with E-state index in [1.54, 1.807) is 13.4 Å². The number of H-pyrrole nitrogens is 1. The molecule has 0 radical (unpaired) electrons. The molecule has 0 aromatic carbocycles. The van der Waals surface area contributed by atoms with E-state index in [9.17, 15) is 0 Å². The minimum absolute atomic E-state index is 0.0488. The Morgan fingerprint density at radius 1 is 1.50 bits per heavy atom. The predicted molar refractivity (Wildman–Crippen MR) is 76.9 cm³/mol. The van der Waals surface area contributed by atoms with Crippen molar-refractivity contribution in [3.05, 3.63) is 18.6 Å². The number of ether oxygens (including phenoxy) is 2. The van der Waals surface area contributed by atoms with Crippen LogP contribution in [0.4, 0.5) is 5.82 Å². The highest BCUT2D eigenvalue weighted by molar-refractivity contribution is 5.87. The highest BCUT2D eigenvalue weighted by Crippen LogP contribution is 2.28. The van der Waals surface area contributed by atoms with E-state index in [2.05, 4.69) is 33.7 Å². The SMILES string of the molecule is COC[C@@H]1CN(c2ncnc3[nH]ccc23)CC(C)(C)O1. The first-order valence-corrected chi connectivity index (χ1v) is 6.79. The first-order chi connectivity index (χ1) is 9.59. The molecule has 1 saturated heterocycles. The van der Waals surface area contributed by atoms with Crippen molar-refractivity contribution in [2.75, 3.05) is 31.7 Å². The summed E-state index contributed by atoms with van der Waals surface area (Å²) in [7, 11) is 1.70. The molecular weight excluding hydrogens is 256 g/mol. The fourth-order valence-electron chi connectivity index (χ4n) is 2.84. The van der Waals surface area contributed by atoms with Crippen molar-refractivity contribution >= 4 is 16.9 Å². The van der Waals surface area contributed by atoms with Crippen LogP contribution in [-0.4, -0.2) is 53.5 Å². The fourth-order valence-corrected chi connectivity index (χ4v) is 2.84. The molecule has 1 fully saturated rings. The second-order valence-electron chi connectivity index (χ2n) is 5.77. The molecule has 0 saturated carbocycles. The first kappa shape index (κ1) is 13.3. The van der Waals surface area contributed by atoms with Crippen LogP contribution in [0.1, 0.15) is 13.8 Å². The molecule has 20 heavy (non-hydrogen) atoms. The van der Waals surface area contributed by atoms with Crippen LogP contribution in [0.25, 0.3) is 11.0 Å². The van der Waals surface area contributed by atoms with E-state index in [0.29, 0.717) is 6.61 Å². The van der Waals surface area contributed by atoms with Crippen LogP contribution >= 0.6 is 0 Å². The molecule has 0 unspecified atom stereocenters. The summed E-state index contributed by atoms with van der Waals surface area (Å²) >= 11 is 0. The number of aromatic nitrogens is 3. The smallest absolute Gasteiger partial charge is 0.142 e. The van der Waals surface area contributed by atoms with Crippen molar-refractivity contribution in [2.24, 2.45) is 0 Å². The number of fused-ring (bicyclic) bond motifs is 1. The molecule has 3 heterocycles. The molecule has 1 aliphatic heterocycles. The molecule has 3 rings (SSSR count). The number of nitrogens with one attached hydrogen (secondary N) is 1. The second kappa shape index (κ2) is 5.03. The van der Waals surface area contributed by atoms with Crippen LogP contribution < -0.4 is 4.90 Å². The van der Waals surface area contributed by atoms with E-state index in [-0.39, 0.29) is 11.7 Å². The number of anilines is 1. The third kappa shape index (κ3) is 2.48. The largest absolute Gasteiger partial charge is 0.382 e. The Balaban J connectivity index is 1.94. The molecule has 1 aliphatic rings. The summed E-state index contributed by atoms with van der Waals surface area (Å²) in [5.74, 6) is 0.953. The van der Waals surface area contributed by atoms with E-state index in [0.717, 1.165) is 29.9 Å². The molecule has 2 aromatic heterocycles. The van der Waals surface area contributed by atoms with Crippen molar-refractivity contribution < 1.29 is 9.47 Å². The summed E-state index contributed by atoms with van der Waals surface area (Å²) in [5, 5.41) is 1.04. The lowest BCUT2D eigenvalue weighted by atomic mass is 10.1. The molecule has 2 aromatic rings. The van der Waals surface area contributed by atoms with Crippen molar-refractivity contribution in [3.8, 4) is 0 Å². The molecule has 6 nitrogen and oxygen atoms in total. The van der Waals surface area contributed by atoms with Gasteiger partial charge in [0.2, 0.25) is 0 Å². The van der Waals surface area contributed by atoms with Gasteiger partial charge in [0, 0.05) is 26.4 Å². The minimum Gasteiger partial charge on any atom is -0.382 e. The Kier molecular flexibility index (Phi) is 3.35. The van der Waals surface area contributed by atoms with E-state index in [1.807, 2.05) is 12.3 Å². The highest BCUT2D eigenvalue weighted by Gasteiger charge is 2.34. The van der Waals surface area contributed by atoms with Crippen LogP contribution in [0.3, 0.4) is 0 Å². The van der Waals surface area contributed by atoms with Crippen LogP contribution in [0.2, 0.25) is 0 Å². The van der Waals surface area contributed by atoms with Gasteiger partial charge in [-0.15, -0.1) is 0 Å². The van der Waals surface area contributed by atoms with Crippen LogP contribution in [0, 0.1) is 0 Å². The summed E-state index contributed by atoms with van der Waals surface area (Å²) in [4.78, 5) is 14.1. The van der Waals surface area contributed by atoms with Gasteiger partial charge in [-0.1, -0.05) is 0 Å². The van der Waals surface area contributed by atoms with E-state index < -0.39 is 0 Å². The number of hydrogen-bond donors (Lipinski definition) is 1. The molecular formula is C14H20N4O2. The molecule has 6 heteroatoms. The van der Waals surface area contributed by atoms with Crippen molar-refractivity contribution in [1.29, 1.82) is 0 Å². The Bertz CT molecular complexity index is 596. The van der Waals surface area contributed by atoms with Crippen molar-refractivity contribution in [2.45, 2.75) is 25.6 Å². The second-order valence-corrected chi connectivity index (χ2v) is 5.77. The zero-order valence-corrected chi connectivity index (χ0v) is 12.1. The summed E-state index contributed by atoms with van der Waals surface area (Å²) in [5.41, 5.74) is 0.636. The van der Waals surface area contributed by atoms with Crippen LogP contribution in [-0.2, 0) is 9.47 Å². The van der Waals surface area contributed by atoms with Gasteiger partial charge in [0.15, 0.2) is 0 Å². The molecule has 108 valence electrons. The summed E-state index contributed by atoms with van der Waals surface area (Å²) in [6.45, 7) is 6.34. The third-order valence-corrected chi connectivity index (χ3v) is 3.47. The van der Waals surface area contributed by atoms with Gasteiger partial charge in [0.05, 0.1) is 23.7 Å². The van der Waals surface area contributed by atoms with Crippen LogP contribution in [0.15, 0.2) is 18.6 Å². The molecule has 0 amide bonds. The summed E-state index contributed by atoms with van der Waals surface area (Å²) in [6.07, 6.45) is 3.54. The van der Waals surface area contributed by atoms with Gasteiger partial charge in [0.1, 0.15) is 17.8 Å². The average Bonchev–Trinajstić information content (AvgIpc) is 2.85. The fraction of sp³-hybridized carbons (Fsp3) is 0.571. The maximum Gasteiger partial charge on any atom is 0.142 e. The highest BCUT2D eigenvalue weighted by atomic mass is 16.5. The van der Waals surface area contributed by atoms with Gasteiger partial charge in [-0.25, -0.2) is 9.97 Å². The Hall–Kier alpha value is -1.66. The first-order valence-electron chi connectivity index (χ1n) is 6.79. The van der Waals surface area contributed by atoms with E-state index >= 15 is 0 Å². The van der Waals surface area contributed by atoms with Gasteiger partial charge >= 0.3 is 0 Å². The quantitative estimate of drug-likeness (QED) is 0.922. The van der Waals surface area contributed by atoms with Crippen molar-refractivity contribution in [1.82, 2.24) is 15.0 Å². The number of rotatable bonds is 3. The standard InChI is InChI=1S/C14H20N4O2/c1-14(2)8-18(6-10(20-14)7-19-3)13-11-4-5-15-12(11)16-9-17-13/h4-5,9-10H,6-8H2,1-3H3,(H,15,16,17)/t10-/m0/s1. The molecule has 0 aliphatic carbocycles. The topological polar surface area (TPSA) is 63.3 Å². The zero-order valence-electron chi connectivity index (χ0n) is 12.1. The number of hydrogen-bond acceptors (Lipinski definition) is 5. The van der Waals surface area contributed by atoms with Gasteiger partial charge < -0.3 is 19.4 Å². The summed E-state index contributed by atoms with van der Waals surface area (Å²) < 4.78 is 11.3. The lowest BCUT2D eigenvalue weighted by Gasteiger charge is -2.43. The van der Waals surface area contributed by atoms with Gasteiger partial charge in [-0.05, 0) is 19.9 Å². The number of aromatic amines is 1. The van der Waals surface area contributed by atoms with Crippen LogP contribution in [0.5, 0.6) is 0 Å². The Labute approximate surface area is 118 Å². The third-order valence-electron chi connectivity index (χ3n) is 3.47. The average molecular weight is 276 g/mol. The van der Waals surface area contributed by atoms with Gasteiger partial charge in [0.25, 0.3) is 0 Å².